The minimum atomic E-state index is -0.904. The highest BCUT2D eigenvalue weighted by Crippen LogP contribution is 2.13. The molecule has 2 N–H and O–H groups in total. The van der Waals surface area contributed by atoms with Gasteiger partial charge in [0.15, 0.2) is 0 Å². The molecule has 0 aliphatic rings. The summed E-state index contributed by atoms with van der Waals surface area (Å²) in [7, 11) is 0. The fraction of sp³-hybridized carbons (Fsp3) is 0.214. The predicted octanol–water partition coefficient (Wildman–Crippen LogP) is 2.83. The van der Waals surface area contributed by atoms with Crippen molar-refractivity contribution < 1.29 is 14.3 Å². The first kappa shape index (κ1) is 12.4. The van der Waals surface area contributed by atoms with Crippen LogP contribution in [0.15, 0.2) is 47.1 Å². The standard InChI is InChI=1S/C14H15NO3/c1-10(13-3-2-8-18-13)15-9-11-4-6-12(7-5-11)14(16)17/h2-8,10,15H,9H2,1H3,(H,16,17). The Labute approximate surface area is 105 Å². The summed E-state index contributed by atoms with van der Waals surface area (Å²) in [5.41, 5.74) is 1.34. The molecule has 0 saturated heterocycles. The molecule has 0 amide bonds. The topological polar surface area (TPSA) is 62.5 Å². The van der Waals surface area contributed by atoms with Gasteiger partial charge in [0.05, 0.1) is 17.9 Å². The molecule has 0 fully saturated rings. The second-order valence-corrected chi connectivity index (χ2v) is 4.12. The molecule has 18 heavy (non-hydrogen) atoms. The van der Waals surface area contributed by atoms with Gasteiger partial charge in [0.25, 0.3) is 0 Å². The van der Waals surface area contributed by atoms with Crippen LogP contribution in [0.1, 0.15) is 34.6 Å². The van der Waals surface area contributed by atoms with Crippen LogP contribution in [0.4, 0.5) is 0 Å². The normalized spacial score (nSPS) is 12.3. The molecule has 0 aliphatic carbocycles. The van der Waals surface area contributed by atoms with Crippen LogP contribution in [0.25, 0.3) is 0 Å². The molecule has 0 bridgehead atoms. The SMILES string of the molecule is CC(NCc1ccc(C(=O)O)cc1)c1ccco1. The van der Waals surface area contributed by atoms with Gasteiger partial charge in [-0.3, -0.25) is 0 Å². The Balaban J connectivity index is 1.92. The third-order valence-corrected chi connectivity index (χ3v) is 2.78. The van der Waals surface area contributed by atoms with E-state index >= 15 is 0 Å². The summed E-state index contributed by atoms with van der Waals surface area (Å²) in [6.45, 7) is 2.69. The highest BCUT2D eigenvalue weighted by Gasteiger charge is 2.07. The van der Waals surface area contributed by atoms with Gasteiger partial charge in [-0.2, -0.15) is 0 Å². The van der Waals surface area contributed by atoms with E-state index < -0.39 is 5.97 Å². The molecule has 0 radical (unpaired) electrons. The van der Waals surface area contributed by atoms with Crippen LogP contribution in [-0.4, -0.2) is 11.1 Å². The van der Waals surface area contributed by atoms with E-state index in [2.05, 4.69) is 5.32 Å². The van der Waals surface area contributed by atoms with Gasteiger partial charge in [-0.05, 0) is 36.8 Å². The summed E-state index contributed by atoms with van der Waals surface area (Å²) < 4.78 is 5.29. The second kappa shape index (κ2) is 5.51. The third-order valence-electron chi connectivity index (χ3n) is 2.78. The maximum absolute atomic E-state index is 10.7. The first-order valence-electron chi connectivity index (χ1n) is 5.76. The molecule has 2 aromatic rings. The summed E-state index contributed by atoms with van der Waals surface area (Å²) in [5.74, 6) is -0.0179. The largest absolute Gasteiger partial charge is 0.478 e. The molecule has 1 unspecified atom stereocenters. The van der Waals surface area contributed by atoms with Crippen LogP contribution in [0.3, 0.4) is 0 Å². The monoisotopic (exact) mass is 245 g/mol. The molecule has 1 aromatic carbocycles. The first-order valence-corrected chi connectivity index (χ1v) is 5.76. The maximum atomic E-state index is 10.7. The van der Waals surface area contributed by atoms with E-state index in [1.165, 1.54) is 0 Å². The Kier molecular flexibility index (Phi) is 3.79. The lowest BCUT2D eigenvalue weighted by atomic mass is 10.1. The van der Waals surface area contributed by atoms with Gasteiger partial charge in [-0.1, -0.05) is 12.1 Å². The van der Waals surface area contributed by atoms with Crippen LogP contribution < -0.4 is 5.32 Å². The fourth-order valence-electron chi connectivity index (χ4n) is 1.67. The summed E-state index contributed by atoms with van der Waals surface area (Å²) in [6, 6.07) is 10.7. The lowest BCUT2D eigenvalue weighted by Crippen LogP contribution is -2.17. The molecule has 4 nitrogen and oxygen atoms in total. The zero-order chi connectivity index (χ0) is 13.0. The molecule has 0 aliphatic heterocycles. The number of aromatic carboxylic acids is 1. The Bertz CT molecular complexity index is 502. The number of carbonyl (C=O) groups is 1. The van der Waals surface area contributed by atoms with Crippen molar-refractivity contribution in [2.75, 3.05) is 0 Å². The van der Waals surface area contributed by atoms with Crippen LogP contribution >= 0.6 is 0 Å². The molecule has 94 valence electrons. The lowest BCUT2D eigenvalue weighted by molar-refractivity contribution is 0.0697. The van der Waals surface area contributed by atoms with Gasteiger partial charge in [0.1, 0.15) is 5.76 Å². The first-order chi connectivity index (χ1) is 8.66. The minimum Gasteiger partial charge on any atom is -0.478 e. The van der Waals surface area contributed by atoms with Gasteiger partial charge in [-0.25, -0.2) is 4.79 Å². The van der Waals surface area contributed by atoms with Crippen molar-refractivity contribution in [2.24, 2.45) is 0 Å². The minimum absolute atomic E-state index is 0.124. The zero-order valence-electron chi connectivity index (χ0n) is 10.1. The van der Waals surface area contributed by atoms with Gasteiger partial charge in [0, 0.05) is 6.54 Å². The molecule has 4 heteroatoms. The van der Waals surface area contributed by atoms with Gasteiger partial charge in [0.2, 0.25) is 0 Å². The molecular weight excluding hydrogens is 230 g/mol. The molecule has 0 spiro atoms. The number of carboxylic acids is 1. The van der Waals surface area contributed by atoms with E-state index in [0.29, 0.717) is 12.1 Å². The van der Waals surface area contributed by atoms with Crippen molar-refractivity contribution in [3.63, 3.8) is 0 Å². The fourth-order valence-corrected chi connectivity index (χ4v) is 1.67. The average Bonchev–Trinajstić information content (AvgIpc) is 2.90. The lowest BCUT2D eigenvalue weighted by Gasteiger charge is -2.11. The highest BCUT2D eigenvalue weighted by molar-refractivity contribution is 5.87. The van der Waals surface area contributed by atoms with Crippen molar-refractivity contribution in [2.45, 2.75) is 19.5 Å². The summed E-state index contributed by atoms with van der Waals surface area (Å²) in [4.78, 5) is 10.7. The molecule has 1 atom stereocenters. The number of hydrogen-bond donors (Lipinski definition) is 2. The van der Waals surface area contributed by atoms with E-state index in [4.69, 9.17) is 9.52 Å². The second-order valence-electron chi connectivity index (χ2n) is 4.12. The predicted molar refractivity (Wildman–Crippen MR) is 67.4 cm³/mol. The van der Waals surface area contributed by atoms with Gasteiger partial charge >= 0.3 is 5.97 Å². The van der Waals surface area contributed by atoms with E-state index in [1.54, 1.807) is 18.4 Å². The average molecular weight is 245 g/mol. The number of rotatable bonds is 5. The third kappa shape index (κ3) is 2.99. The van der Waals surface area contributed by atoms with Crippen molar-refractivity contribution in [3.8, 4) is 0 Å². The number of carboxylic acid groups (broad SMARTS) is 1. The summed E-state index contributed by atoms with van der Waals surface area (Å²) in [6.07, 6.45) is 1.65. The molecule has 1 aromatic heterocycles. The van der Waals surface area contributed by atoms with Crippen molar-refractivity contribution in [3.05, 3.63) is 59.5 Å². The Morgan fingerprint density at radius 2 is 2.06 bits per heavy atom. The zero-order valence-corrected chi connectivity index (χ0v) is 10.1. The smallest absolute Gasteiger partial charge is 0.335 e. The van der Waals surface area contributed by atoms with Crippen LogP contribution in [0.2, 0.25) is 0 Å². The van der Waals surface area contributed by atoms with Crippen molar-refractivity contribution in [1.82, 2.24) is 5.32 Å². The summed E-state index contributed by atoms with van der Waals surface area (Å²) in [5, 5.41) is 12.1. The molecule has 2 rings (SSSR count). The Morgan fingerprint density at radius 1 is 1.33 bits per heavy atom. The van der Waals surface area contributed by atoms with E-state index in [-0.39, 0.29) is 6.04 Å². The number of nitrogens with one attached hydrogen (secondary N) is 1. The van der Waals surface area contributed by atoms with Gasteiger partial charge < -0.3 is 14.8 Å². The van der Waals surface area contributed by atoms with E-state index in [1.807, 2.05) is 31.2 Å². The van der Waals surface area contributed by atoms with Gasteiger partial charge in [-0.15, -0.1) is 0 Å². The molecular formula is C14H15NO3. The number of hydrogen-bond acceptors (Lipinski definition) is 3. The Hall–Kier alpha value is -2.07. The van der Waals surface area contributed by atoms with Crippen LogP contribution in [0.5, 0.6) is 0 Å². The van der Waals surface area contributed by atoms with E-state index in [0.717, 1.165) is 11.3 Å². The number of furan rings is 1. The van der Waals surface area contributed by atoms with E-state index in [9.17, 15) is 4.79 Å². The Morgan fingerprint density at radius 3 is 2.61 bits per heavy atom. The van der Waals surface area contributed by atoms with Crippen molar-refractivity contribution in [1.29, 1.82) is 0 Å². The molecule has 0 saturated carbocycles. The number of benzene rings is 1. The highest BCUT2D eigenvalue weighted by atomic mass is 16.4. The van der Waals surface area contributed by atoms with Crippen LogP contribution in [-0.2, 0) is 6.54 Å². The maximum Gasteiger partial charge on any atom is 0.335 e. The van der Waals surface area contributed by atoms with Crippen LogP contribution in [0, 0.1) is 0 Å². The quantitative estimate of drug-likeness (QED) is 0.850. The van der Waals surface area contributed by atoms with Crippen molar-refractivity contribution >= 4 is 5.97 Å². The molecule has 1 heterocycles. The summed E-state index contributed by atoms with van der Waals surface area (Å²) >= 11 is 0.